The summed E-state index contributed by atoms with van der Waals surface area (Å²) >= 11 is 6.78. The topological polar surface area (TPSA) is 94.2 Å². The first-order valence-corrected chi connectivity index (χ1v) is 7.97. The Morgan fingerprint density at radius 2 is 2.04 bits per heavy atom. The second-order valence-electron chi connectivity index (χ2n) is 4.89. The highest BCUT2D eigenvalue weighted by molar-refractivity contribution is 7.16. The minimum Gasteiger partial charge on any atom is -0.319 e. The van der Waals surface area contributed by atoms with Gasteiger partial charge in [-0.1, -0.05) is 35.1 Å². The predicted octanol–water partition coefficient (Wildman–Crippen LogP) is 3.26. The Morgan fingerprint density at radius 1 is 1.29 bits per heavy atom. The van der Waals surface area contributed by atoms with Crippen LogP contribution < -0.4 is 10.2 Å². The third-order valence-electron chi connectivity index (χ3n) is 3.31. The summed E-state index contributed by atoms with van der Waals surface area (Å²) in [5.74, 6) is -0.536. The number of anilines is 1. The SMILES string of the molecule is O=C(Cn1c(=O)sc2ccccc21)Nc1ccc(Cl)cc1[N+](=O)[O-]. The highest BCUT2D eigenvalue weighted by atomic mass is 35.5. The summed E-state index contributed by atoms with van der Waals surface area (Å²) in [6, 6.07) is 11.1. The van der Waals surface area contributed by atoms with Gasteiger partial charge in [-0.05, 0) is 24.3 Å². The third-order valence-corrected chi connectivity index (χ3v) is 4.50. The summed E-state index contributed by atoms with van der Waals surface area (Å²) in [6.07, 6.45) is 0. The Hall–Kier alpha value is -2.71. The van der Waals surface area contributed by atoms with E-state index in [0.29, 0.717) is 5.52 Å². The van der Waals surface area contributed by atoms with E-state index in [2.05, 4.69) is 5.32 Å². The van der Waals surface area contributed by atoms with Crippen molar-refractivity contribution in [2.45, 2.75) is 6.54 Å². The number of aromatic nitrogens is 1. The summed E-state index contributed by atoms with van der Waals surface area (Å²) < 4.78 is 2.10. The van der Waals surface area contributed by atoms with Gasteiger partial charge in [-0.2, -0.15) is 0 Å². The van der Waals surface area contributed by atoms with Gasteiger partial charge in [0.05, 0.1) is 15.1 Å². The monoisotopic (exact) mass is 363 g/mol. The molecule has 122 valence electrons. The van der Waals surface area contributed by atoms with Gasteiger partial charge in [0.2, 0.25) is 5.91 Å². The summed E-state index contributed by atoms with van der Waals surface area (Å²) in [5.41, 5.74) is 0.369. The number of hydrogen-bond donors (Lipinski definition) is 1. The van der Waals surface area contributed by atoms with Crippen molar-refractivity contribution in [3.63, 3.8) is 0 Å². The number of fused-ring (bicyclic) bond motifs is 1. The van der Waals surface area contributed by atoms with Gasteiger partial charge in [0.1, 0.15) is 12.2 Å². The van der Waals surface area contributed by atoms with Crippen molar-refractivity contribution < 1.29 is 9.72 Å². The van der Waals surface area contributed by atoms with Crippen molar-refractivity contribution in [3.05, 3.63) is 67.3 Å². The molecule has 0 saturated carbocycles. The maximum absolute atomic E-state index is 12.2. The van der Waals surface area contributed by atoms with E-state index in [9.17, 15) is 19.7 Å². The molecule has 0 unspecified atom stereocenters. The van der Waals surface area contributed by atoms with Gasteiger partial charge in [-0.15, -0.1) is 0 Å². The zero-order valence-electron chi connectivity index (χ0n) is 12.1. The Bertz CT molecular complexity index is 1010. The minimum atomic E-state index is -0.631. The molecular weight excluding hydrogens is 354 g/mol. The number of carbonyl (C=O) groups is 1. The van der Waals surface area contributed by atoms with Crippen LogP contribution in [0, 0.1) is 10.1 Å². The van der Waals surface area contributed by atoms with Crippen LogP contribution in [0.3, 0.4) is 0 Å². The lowest BCUT2D eigenvalue weighted by molar-refractivity contribution is -0.383. The Kier molecular flexibility index (Phi) is 4.32. The van der Waals surface area contributed by atoms with E-state index >= 15 is 0 Å². The van der Waals surface area contributed by atoms with Crippen molar-refractivity contribution in [1.29, 1.82) is 0 Å². The average molecular weight is 364 g/mol. The van der Waals surface area contributed by atoms with Crippen LogP contribution >= 0.6 is 22.9 Å². The van der Waals surface area contributed by atoms with Crippen LogP contribution in [0.5, 0.6) is 0 Å². The lowest BCUT2D eigenvalue weighted by atomic mass is 10.2. The van der Waals surface area contributed by atoms with Crippen molar-refractivity contribution in [3.8, 4) is 0 Å². The molecule has 3 aromatic rings. The van der Waals surface area contributed by atoms with Crippen molar-refractivity contribution in [1.82, 2.24) is 4.57 Å². The molecular formula is C15H10ClN3O4S. The number of nitrogens with one attached hydrogen (secondary N) is 1. The molecule has 0 aliphatic rings. The van der Waals surface area contributed by atoms with Crippen LogP contribution in [0.4, 0.5) is 11.4 Å². The fourth-order valence-electron chi connectivity index (χ4n) is 2.26. The fourth-order valence-corrected chi connectivity index (χ4v) is 3.32. The van der Waals surface area contributed by atoms with Crippen LogP contribution in [0.25, 0.3) is 10.2 Å². The molecule has 9 heteroatoms. The molecule has 1 aromatic heterocycles. The summed E-state index contributed by atoms with van der Waals surface area (Å²) in [4.78, 5) is 34.4. The molecule has 1 N–H and O–H groups in total. The first-order chi connectivity index (χ1) is 11.5. The van der Waals surface area contributed by atoms with Crippen LogP contribution in [0.15, 0.2) is 47.3 Å². The number of benzene rings is 2. The lowest BCUT2D eigenvalue weighted by Gasteiger charge is -2.07. The van der Waals surface area contributed by atoms with E-state index in [1.165, 1.54) is 16.7 Å². The largest absolute Gasteiger partial charge is 0.319 e. The number of carbonyl (C=O) groups excluding carboxylic acids is 1. The number of nitro benzene ring substituents is 1. The van der Waals surface area contributed by atoms with Crippen molar-refractivity contribution in [2.75, 3.05) is 5.32 Å². The van der Waals surface area contributed by atoms with Crippen molar-refractivity contribution in [2.24, 2.45) is 0 Å². The molecule has 0 bridgehead atoms. The molecule has 1 heterocycles. The number of para-hydroxylation sites is 1. The van der Waals surface area contributed by atoms with Gasteiger partial charge in [0.15, 0.2) is 0 Å². The van der Waals surface area contributed by atoms with Gasteiger partial charge >= 0.3 is 4.87 Å². The predicted molar refractivity (Wildman–Crippen MR) is 92.8 cm³/mol. The van der Waals surface area contributed by atoms with Gasteiger partial charge in [0.25, 0.3) is 5.69 Å². The summed E-state index contributed by atoms with van der Waals surface area (Å²) in [7, 11) is 0. The van der Waals surface area contributed by atoms with E-state index in [1.807, 2.05) is 0 Å². The molecule has 0 fully saturated rings. The first kappa shape index (κ1) is 16.2. The number of nitrogens with zero attached hydrogens (tertiary/aromatic N) is 2. The number of halogens is 1. The molecule has 24 heavy (non-hydrogen) atoms. The van der Waals surface area contributed by atoms with Gasteiger partial charge < -0.3 is 5.32 Å². The molecule has 3 rings (SSSR count). The Morgan fingerprint density at radius 3 is 2.79 bits per heavy atom. The number of amides is 1. The number of nitro groups is 1. The number of hydrogen-bond acceptors (Lipinski definition) is 5. The van der Waals surface area contributed by atoms with Crippen molar-refractivity contribution >= 4 is 50.4 Å². The standard InChI is InChI=1S/C15H10ClN3O4S/c16-9-5-6-10(12(7-9)19(22)23)17-14(20)8-18-11-3-1-2-4-13(11)24-15(18)21/h1-7H,8H2,(H,17,20). The van der Waals surface area contributed by atoms with Gasteiger partial charge in [-0.3, -0.25) is 24.3 Å². The normalized spacial score (nSPS) is 10.7. The minimum absolute atomic E-state index is 0.0296. The molecule has 0 atom stereocenters. The van der Waals surface area contributed by atoms with Gasteiger partial charge in [0, 0.05) is 11.1 Å². The van der Waals surface area contributed by atoms with Crippen LogP contribution in [-0.4, -0.2) is 15.4 Å². The quantitative estimate of drug-likeness (QED) is 0.568. The number of rotatable bonds is 4. The lowest BCUT2D eigenvalue weighted by Crippen LogP contribution is -2.24. The van der Waals surface area contributed by atoms with Gasteiger partial charge in [-0.25, -0.2) is 0 Å². The zero-order valence-corrected chi connectivity index (χ0v) is 13.6. The molecule has 2 aromatic carbocycles. The van der Waals surface area contributed by atoms with Crippen LogP contribution in [-0.2, 0) is 11.3 Å². The molecule has 0 aliphatic carbocycles. The number of thiazole rings is 1. The Balaban J connectivity index is 1.87. The van der Waals surface area contributed by atoms with E-state index in [1.54, 1.807) is 24.3 Å². The molecule has 0 spiro atoms. The highest BCUT2D eigenvalue weighted by Crippen LogP contribution is 2.27. The maximum atomic E-state index is 12.2. The van der Waals surface area contributed by atoms with E-state index in [4.69, 9.17) is 11.6 Å². The first-order valence-electron chi connectivity index (χ1n) is 6.78. The Labute approximate surface area is 144 Å². The molecule has 0 aliphatic heterocycles. The summed E-state index contributed by atoms with van der Waals surface area (Å²) in [5, 5.41) is 13.7. The van der Waals surface area contributed by atoms with E-state index in [0.717, 1.165) is 22.1 Å². The van der Waals surface area contributed by atoms with Crippen LogP contribution in [0.1, 0.15) is 0 Å². The van der Waals surface area contributed by atoms with E-state index in [-0.39, 0.29) is 27.8 Å². The fraction of sp³-hybridized carbons (Fsp3) is 0.0667. The van der Waals surface area contributed by atoms with E-state index < -0.39 is 10.8 Å². The van der Waals surface area contributed by atoms with Crippen LogP contribution in [0.2, 0.25) is 5.02 Å². The molecule has 0 radical (unpaired) electrons. The molecule has 0 saturated heterocycles. The average Bonchev–Trinajstić information content (AvgIpc) is 2.85. The zero-order chi connectivity index (χ0) is 17.3. The molecule has 1 amide bonds. The highest BCUT2D eigenvalue weighted by Gasteiger charge is 2.18. The third kappa shape index (κ3) is 3.15. The molecule has 7 nitrogen and oxygen atoms in total. The smallest absolute Gasteiger partial charge is 0.308 e. The second kappa shape index (κ2) is 6.42. The summed E-state index contributed by atoms with van der Waals surface area (Å²) in [6.45, 7) is -0.234. The maximum Gasteiger partial charge on any atom is 0.308 e. The second-order valence-corrected chi connectivity index (χ2v) is 6.32.